The van der Waals surface area contributed by atoms with E-state index in [9.17, 15) is 4.79 Å². The molecule has 1 saturated carbocycles. The molecule has 2 rings (SSSR count). The third-order valence-electron chi connectivity index (χ3n) is 4.33. The molecule has 1 aliphatic carbocycles. The summed E-state index contributed by atoms with van der Waals surface area (Å²) >= 11 is 0. The van der Waals surface area contributed by atoms with Crippen molar-refractivity contribution in [2.45, 2.75) is 31.8 Å². The molecule has 2 unspecified atom stereocenters. The molecule has 1 aromatic rings. The molecule has 0 heterocycles. The first-order chi connectivity index (χ1) is 11.5. The molecule has 0 aromatic heterocycles. The number of methoxy groups -OCH3 is 1. The summed E-state index contributed by atoms with van der Waals surface area (Å²) in [5.74, 6) is 1.54. The van der Waals surface area contributed by atoms with Crippen LogP contribution in [0, 0.1) is 5.92 Å². The van der Waals surface area contributed by atoms with Gasteiger partial charge in [0.2, 0.25) is 5.91 Å². The average Bonchev–Trinajstić information content (AvgIpc) is 2.99. The van der Waals surface area contributed by atoms with Crippen molar-refractivity contribution in [1.29, 1.82) is 0 Å². The van der Waals surface area contributed by atoms with E-state index in [1.54, 1.807) is 7.11 Å². The topological polar surface area (TPSA) is 76.8 Å². The Morgan fingerprint density at radius 1 is 1.27 bits per heavy atom. The molecule has 0 bridgehead atoms. The Kier molecular flexibility index (Phi) is 11.7. The zero-order chi connectivity index (χ0) is 17.5. The van der Waals surface area contributed by atoms with Crippen molar-refractivity contribution in [2.75, 3.05) is 34.4 Å². The number of nitrogens with two attached hydrogens (primary N) is 1. The SMILES string of the molecule is COc1cc(CNC(=O)C2CCC(N)C2)ccc1OCCN(C)C.Cl.Cl. The number of halogens is 2. The fraction of sp³-hybridized carbons (Fsp3) is 0.611. The van der Waals surface area contributed by atoms with Crippen LogP contribution in [0.25, 0.3) is 0 Å². The predicted octanol–water partition coefficient (Wildman–Crippen LogP) is 2.22. The van der Waals surface area contributed by atoms with Crippen LogP contribution >= 0.6 is 24.8 Å². The minimum atomic E-state index is 0. The number of nitrogens with one attached hydrogen (secondary N) is 1. The number of likely N-dealkylation sites (N-methyl/N-ethyl adjacent to an activating group) is 1. The summed E-state index contributed by atoms with van der Waals surface area (Å²) in [4.78, 5) is 14.2. The molecule has 150 valence electrons. The lowest BCUT2D eigenvalue weighted by Crippen LogP contribution is -2.30. The lowest BCUT2D eigenvalue weighted by molar-refractivity contribution is -0.125. The fourth-order valence-corrected chi connectivity index (χ4v) is 2.87. The molecule has 1 fully saturated rings. The van der Waals surface area contributed by atoms with Crippen LogP contribution in [0.4, 0.5) is 0 Å². The maximum Gasteiger partial charge on any atom is 0.223 e. The summed E-state index contributed by atoms with van der Waals surface area (Å²) in [6.07, 6.45) is 2.60. The van der Waals surface area contributed by atoms with Crippen LogP contribution in [0.5, 0.6) is 11.5 Å². The smallest absolute Gasteiger partial charge is 0.223 e. The van der Waals surface area contributed by atoms with Gasteiger partial charge in [0.15, 0.2) is 11.5 Å². The van der Waals surface area contributed by atoms with Crippen molar-refractivity contribution in [3.8, 4) is 11.5 Å². The van der Waals surface area contributed by atoms with Gasteiger partial charge in [0, 0.05) is 25.0 Å². The van der Waals surface area contributed by atoms with Gasteiger partial charge in [0.25, 0.3) is 0 Å². The minimum absolute atomic E-state index is 0. The lowest BCUT2D eigenvalue weighted by Gasteiger charge is -2.15. The van der Waals surface area contributed by atoms with Crippen molar-refractivity contribution in [3.63, 3.8) is 0 Å². The molecule has 0 radical (unpaired) electrons. The van der Waals surface area contributed by atoms with Crippen LogP contribution in [-0.2, 0) is 11.3 Å². The molecular weight excluding hydrogens is 377 g/mol. The Balaban J connectivity index is 0.00000312. The first-order valence-corrected chi connectivity index (χ1v) is 8.47. The molecule has 0 saturated heterocycles. The number of hydrogen-bond acceptors (Lipinski definition) is 5. The molecule has 2 atom stereocenters. The van der Waals surface area contributed by atoms with Gasteiger partial charge in [0.1, 0.15) is 6.61 Å². The number of amides is 1. The summed E-state index contributed by atoms with van der Waals surface area (Å²) in [6, 6.07) is 5.92. The number of rotatable bonds is 8. The molecule has 0 spiro atoms. The number of benzene rings is 1. The number of nitrogens with zero attached hydrogens (tertiary/aromatic N) is 1. The van der Waals surface area contributed by atoms with Crippen molar-refractivity contribution in [3.05, 3.63) is 23.8 Å². The van der Waals surface area contributed by atoms with Gasteiger partial charge in [-0.05, 0) is 51.1 Å². The van der Waals surface area contributed by atoms with Crippen molar-refractivity contribution in [1.82, 2.24) is 10.2 Å². The summed E-state index contributed by atoms with van der Waals surface area (Å²) in [6.45, 7) is 1.92. The lowest BCUT2D eigenvalue weighted by atomic mass is 10.1. The van der Waals surface area contributed by atoms with E-state index >= 15 is 0 Å². The highest BCUT2D eigenvalue weighted by Gasteiger charge is 2.27. The molecule has 1 aromatic carbocycles. The Labute approximate surface area is 168 Å². The van der Waals surface area contributed by atoms with Gasteiger partial charge >= 0.3 is 0 Å². The zero-order valence-corrected chi connectivity index (χ0v) is 17.3. The van der Waals surface area contributed by atoms with E-state index in [4.69, 9.17) is 15.2 Å². The second kappa shape index (κ2) is 12.2. The highest BCUT2D eigenvalue weighted by molar-refractivity contribution is 5.85. The van der Waals surface area contributed by atoms with Gasteiger partial charge in [-0.15, -0.1) is 24.8 Å². The van der Waals surface area contributed by atoms with Crippen LogP contribution in [0.2, 0.25) is 0 Å². The number of ether oxygens (including phenoxy) is 2. The van der Waals surface area contributed by atoms with Crippen molar-refractivity contribution < 1.29 is 14.3 Å². The second-order valence-corrected chi connectivity index (χ2v) is 6.62. The second-order valence-electron chi connectivity index (χ2n) is 6.62. The maximum atomic E-state index is 12.2. The minimum Gasteiger partial charge on any atom is -0.493 e. The van der Waals surface area contributed by atoms with Crippen LogP contribution in [-0.4, -0.2) is 51.2 Å². The molecule has 3 N–H and O–H groups in total. The van der Waals surface area contributed by atoms with Crippen LogP contribution in [0.15, 0.2) is 18.2 Å². The maximum absolute atomic E-state index is 12.2. The molecule has 1 aliphatic rings. The van der Waals surface area contributed by atoms with Gasteiger partial charge in [-0.2, -0.15) is 0 Å². The average molecular weight is 408 g/mol. The third kappa shape index (κ3) is 7.58. The van der Waals surface area contributed by atoms with E-state index in [-0.39, 0.29) is 42.7 Å². The highest BCUT2D eigenvalue weighted by Crippen LogP contribution is 2.28. The summed E-state index contributed by atoms with van der Waals surface area (Å²) in [7, 11) is 5.63. The molecular formula is C18H31Cl2N3O3. The number of carbonyl (C=O) groups is 1. The first-order valence-electron chi connectivity index (χ1n) is 8.47. The molecule has 1 amide bonds. The van der Waals surface area contributed by atoms with Gasteiger partial charge in [-0.25, -0.2) is 0 Å². The van der Waals surface area contributed by atoms with Crippen molar-refractivity contribution >= 4 is 30.7 Å². The Hall–Kier alpha value is -1.21. The molecule has 26 heavy (non-hydrogen) atoms. The van der Waals surface area contributed by atoms with Gasteiger partial charge in [-0.3, -0.25) is 4.79 Å². The number of carbonyl (C=O) groups excluding carboxylic acids is 1. The first kappa shape index (κ1) is 24.8. The normalized spacial score (nSPS) is 18.7. The molecule has 6 nitrogen and oxygen atoms in total. The van der Waals surface area contributed by atoms with Gasteiger partial charge in [0.05, 0.1) is 7.11 Å². The fourth-order valence-electron chi connectivity index (χ4n) is 2.87. The van der Waals surface area contributed by atoms with E-state index in [1.807, 2.05) is 32.3 Å². The Bertz CT molecular complexity index is 558. The Morgan fingerprint density at radius 2 is 2.00 bits per heavy atom. The van der Waals surface area contributed by atoms with E-state index in [0.717, 1.165) is 37.1 Å². The zero-order valence-electron chi connectivity index (χ0n) is 15.7. The Morgan fingerprint density at radius 3 is 2.58 bits per heavy atom. The van der Waals surface area contributed by atoms with Crippen molar-refractivity contribution in [2.24, 2.45) is 11.7 Å². The van der Waals surface area contributed by atoms with E-state index in [1.165, 1.54) is 0 Å². The van der Waals surface area contributed by atoms with E-state index in [0.29, 0.717) is 18.9 Å². The van der Waals surface area contributed by atoms with Crippen LogP contribution < -0.4 is 20.5 Å². The molecule has 0 aliphatic heterocycles. The quantitative estimate of drug-likeness (QED) is 0.690. The number of hydrogen-bond donors (Lipinski definition) is 2. The van der Waals surface area contributed by atoms with Gasteiger partial charge < -0.3 is 25.4 Å². The predicted molar refractivity (Wildman–Crippen MR) is 109 cm³/mol. The monoisotopic (exact) mass is 407 g/mol. The van der Waals surface area contributed by atoms with Crippen LogP contribution in [0.3, 0.4) is 0 Å². The van der Waals surface area contributed by atoms with Gasteiger partial charge in [-0.1, -0.05) is 6.07 Å². The summed E-state index contributed by atoms with van der Waals surface area (Å²) in [5.41, 5.74) is 6.86. The standard InChI is InChI=1S/C18H29N3O3.2ClH/c1-21(2)8-9-24-16-7-4-13(10-17(16)23-3)12-20-18(22)14-5-6-15(19)11-14;;/h4,7,10,14-15H,5-6,8-9,11-12,19H2,1-3H3,(H,20,22);2*1H. The van der Waals surface area contributed by atoms with E-state index < -0.39 is 0 Å². The van der Waals surface area contributed by atoms with Crippen LogP contribution in [0.1, 0.15) is 24.8 Å². The third-order valence-corrected chi connectivity index (χ3v) is 4.33. The summed E-state index contributed by atoms with van der Waals surface area (Å²) in [5, 5.41) is 2.99. The largest absolute Gasteiger partial charge is 0.493 e. The van der Waals surface area contributed by atoms with E-state index in [2.05, 4.69) is 10.2 Å². The molecule has 8 heteroatoms. The summed E-state index contributed by atoms with van der Waals surface area (Å²) < 4.78 is 11.1. The highest BCUT2D eigenvalue weighted by atomic mass is 35.5.